The summed E-state index contributed by atoms with van der Waals surface area (Å²) in [6, 6.07) is 0. The molecule has 0 heterocycles. The van der Waals surface area contributed by atoms with Crippen molar-refractivity contribution in [2.24, 2.45) is 5.73 Å². The quantitative estimate of drug-likeness (QED) is 0.167. The number of aliphatic hydroxyl groups excluding tert-OH is 2. The van der Waals surface area contributed by atoms with Crippen molar-refractivity contribution in [2.45, 2.75) is 12.2 Å². The molecule has 0 radical (unpaired) electrons. The van der Waals surface area contributed by atoms with Crippen LogP contribution in [0.5, 0.6) is 0 Å². The van der Waals surface area contributed by atoms with Crippen molar-refractivity contribution in [3.63, 3.8) is 0 Å². The minimum Gasteiger partial charge on any atom is -0.467 e. The van der Waals surface area contributed by atoms with E-state index in [0.717, 1.165) is 20.2 Å². The van der Waals surface area contributed by atoms with Crippen LogP contribution in [0.15, 0.2) is 0 Å². The molecule has 0 aromatic carbocycles. The lowest BCUT2D eigenvalue weighted by Crippen LogP contribution is -2.47. The number of esters is 1. The first-order chi connectivity index (χ1) is 9.54. The molecule has 9 nitrogen and oxygen atoms in total. The SMILES string of the molecule is COC(=O)C(O)C(O)C(=O)NCCNCCNCCN. The van der Waals surface area contributed by atoms with Crippen LogP contribution in [-0.2, 0) is 14.3 Å². The highest BCUT2D eigenvalue weighted by molar-refractivity contribution is 5.88. The fourth-order valence-corrected chi connectivity index (χ4v) is 1.30. The third-order valence-corrected chi connectivity index (χ3v) is 2.41. The van der Waals surface area contributed by atoms with Gasteiger partial charge in [-0.2, -0.15) is 0 Å². The molecule has 0 aliphatic rings. The van der Waals surface area contributed by atoms with Gasteiger partial charge in [-0.3, -0.25) is 4.79 Å². The maximum atomic E-state index is 11.4. The summed E-state index contributed by atoms with van der Waals surface area (Å²) < 4.78 is 4.22. The maximum Gasteiger partial charge on any atom is 0.338 e. The van der Waals surface area contributed by atoms with E-state index >= 15 is 0 Å². The van der Waals surface area contributed by atoms with Gasteiger partial charge in [0, 0.05) is 39.3 Å². The zero-order valence-corrected chi connectivity index (χ0v) is 11.6. The molecular weight excluding hydrogens is 268 g/mol. The van der Waals surface area contributed by atoms with Gasteiger partial charge in [0.05, 0.1) is 7.11 Å². The Balaban J connectivity index is 3.65. The number of carbonyl (C=O) groups is 2. The summed E-state index contributed by atoms with van der Waals surface area (Å²) in [5, 5.41) is 27.2. The van der Waals surface area contributed by atoms with Crippen molar-refractivity contribution in [1.82, 2.24) is 16.0 Å². The zero-order chi connectivity index (χ0) is 15.4. The second kappa shape index (κ2) is 11.6. The van der Waals surface area contributed by atoms with E-state index in [2.05, 4.69) is 20.7 Å². The lowest BCUT2D eigenvalue weighted by molar-refractivity contribution is -0.161. The van der Waals surface area contributed by atoms with Crippen molar-refractivity contribution in [3.05, 3.63) is 0 Å². The molecule has 0 saturated carbocycles. The molecule has 0 fully saturated rings. The van der Waals surface area contributed by atoms with Crippen molar-refractivity contribution in [1.29, 1.82) is 0 Å². The third kappa shape index (κ3) is 8.02. The van der Waals surface area contributed by atoms with E-state index in [1.54, 1.807) is 0 Å². The molecule has 20 heavy (non-hydrogen) atoms. The van der Waals surface area contributed by atoms with E-state index in [9.17, 15) is 19.8 Å². The van der Waals surface area contributed by atoms with E-state index in [1.165, 1.54) is 0 Å². The number of hydrogen-bond donors (Lipinski definition) is 6. The predicted octanol–water partition coefficient (Wildman–Crippen LogP) is -3.86. The second-order valence-corrected chi connectivity index (χ2v) is 3.99. The number of rotatable bonds is 11. The highest BCUT2D eigenvalue weighted by Crippen LogP contribution is 1.96. The minimum atomic E-state index is -1.88. The van der Waals surface area contributed by atoms with Crippen LogP contribution in [-0.4, -0.2) is 80.7 Å². The fraction of sp³-hybridized carbons (Fsp3) is 0.818. The van der Waals surface area contributed by atoms with Gasteiger partial charge >= 0.3 is 5.97 Å². The topological polar surface area (TPSA) is 146 Å². The molecular formula is C11H24N4O5. The normalized spacial score (nSPS) is 13.6. The summed E-state index contributed by atoms with van der Waals surface area (Å²) in [5.74, 6) is -1.89. The molecule has 0 aromatic heterocycles. The highest BCUT2D eigenvalue weighted by atomic mass is 16.5. The number of carbonyl (C=O) groups excluding carboxylic acids is 2. The number of hydrogen-bond acceptors (Lipinski definition) is 8. The lowest BCUT2D eigenvalue weighted by atomic mass is 10.2. The van der Waals surface area contributed by atoms with Crippen molar-refractivity contribution < 1.29 is 24.5 Å². The molecule has 0 bridgehead atoms. The Bertz CT molecular complexity index is 290. The lowest BCUT2D eigenvalue weighted by Gasteiger charge is -2.15. The van der Waals surface area contributed by atoms with E-state index in [-0.39, 0.29) is 6.54 Å². The van der Waals surface area contributed by atoms with E-state index in [1.807, 2.05) is 0 Å². The average Bonchev–Trinajstić information content (AvgIpc) is 2.47. The Kier molecular flexibility index (Phi) is 10.8. The zero-order valence-electron chi connectivity index (χ0n) is 11.6. The number of nitrogens with two attached hydrogens (primary N) is 1. The molecule has 7 N–H and O–H groups in total. The summed E-state index contributed by atoms with van der Waals surface area (Å²) in [6.45, 7) is 3.56. The van der Waals surface area contributed by atoms with Gasteiger partial charge in [0.15, 0.2) is 12.2 Å². The molecule has 0 rings (SSSR count). The van der Waals surface area contributed by atoms with Gasteiger partial charge in [-0.05, 0) is 0 Å². The molecule has 0 aliphatic heterocycles. The number of nitrogens with one attached hydrogen (secondary N) is 3. The molecule has 0 saturated heterocycles. The first kappa shape index (κ1) is 18.7. The van der Waals surface area contributed by atoms with Crippen LogP contribution in [0, 0.1) is 0 Å². The highest BCUT2D eigenvalue weighted by Gasteiger charge is 2.30. The average molecular weight is 292 g/mol. The van der Waals surface area contributed by atoms with Crippen molar-refractivity contribution >= 4 is 11.9 Å². The molecule has 118 valence electrons. The second-order valence-electron chi connectivity index (χ2n) is 3.99. The van der Waals surface area contributed by atoms with Crippen LogP contribution in [0.3, 0.4) is 0 Å². The molecule has 0 aliphatic carbocycles. The third-order valence-electron chi connectivity index (χ3n) is 2.41. The maximum absolute atomic E-state index is 11.4. The summed E-state index contributed by atoms with van der Waals surface area (Å²) in [7, 11) is 1.05. The summed E-state index contributed by atoms with van der Waals surface area (Å²) in [6.07, 6.45) is -3.72. The molecule has 1 amide bonds. The Morgan fingerprint density at radius 2 is 1.60 bits per heavy atom. The van der Waals surface area contributed by atoms with Crippen molar-refractivity contribution in [2.75, 3.05) is 46.4 Å². The van der Waals surface area contributed by atoms with Crippen molar-refractivity contribution in [3.8, 4) is 0 Å². The van der Waals surface area contributed by atoms with Crippen LogP contribution in [0.4, 0.5) is 0 Å². The van der Waals surface area contributed by atoms with Crippen LogP contribution >= 0.6 is 0 Å². The standard InChI is InChI=1S/C11H24N4O5/c1-20-11(19)9(17)8(16)10(18)15-7-6-14-5-4-13-3-2-12/h8-9,13-14,16-17H,2-7,12H2,1H3,(H,15,18). The summed E-state index contributed by atoms with van der Waals surface area (Å²) in [5.41, 5.74) is 5.30. The van der Waals surface area contributed by atoms with Gasteiger partial charge in [0.1, 0.15) is 0 Å². The number of amides is 1. The summed E-state index contributed by atoms with van der Waals surface area (Å²) in [4.78, 5) is 22.3. The molecule has 2 atom stereocenters. The van der Waals surface area contributed by atoms with Gasteiger partial charge in [-0.15, -0.1) is 0 Å². The first-order valence-corrected chi connectivity index (χ1v) is 6.37. The van der Waals surface area contributed by atoms with E-state index < -0.39 is 24.1 Å². The fourth-order valence-electron chi connectivity index (χ4n) is 1.30. The van der Waals surface area contributed by atoms with Gasteiger partial charge in [0.2, 0.25) is 0 Å². The summed E-state index contributed by atoms with van der Waals surface area (Å²) >= 11 is 0. The molecule has 2 unspecified atom stereocenters. The smallest absolute Gasteiger partial charge is 0.338 e. The van der Waals surface area contributed by atoms with Crippen LogP contribution in [0.2, 0.25) is 0 Å². The van der Waals surface area contributed by atoms with Crippen LogP contribution < -0.4 is 21.7 Å². The number of ether oxygens (including phenoxy) is 1. The van der Waals surface area contributed by atoms with Gasteiger partial charge in [-0.25, -0.2) is 4.79 Å². The first-order valence-electron chi connectivity index (χ1n) is 6.37. The van der Waals surface area contributed by atoms with Gasteiger partial charge in [-0.1, -0.05) is 0 Å². The number of aliphatic hydroxyl groups is 2. The monoisotopic (exact) mass is 292 g/mol. The Morgan fingerprint density at radius 3 is 2.15 bits per heavy atom. The van der Waals surface area contributed by atoms with Crippen LogP contribution in [0.1, 0.15) is 0 Å². The number of methoxy groups -OCH3 is 1. The Hall–Kier alpha value is -1.26. The molecule has 0 spiro atoms. The Labute approximate surface area is 117 Å². The van der Waals surface area contributed by atoms with Crippen LogP contribution in [0.25, 0.3) is 0 Å². The largest absolute Gasteiger partial charge is 0.467 e. The van der Waals surface area contributed by atoms with Gasteiger partial charge in [0.25, 0.3) is 5.91 Å². The van der Waals surface area contributed by atoms with E-state index in [4.69, 9.17) is 5.73 Å². The van der Waals surface area contributed by atoms with Gasteiger partial charge < -0.3 is 36.6 Å². The molecule has 9 heteroatoms. The molecule has 0 aromatic rings. The minimum absolute atomic E-state index is 0.265. The predicted molar refractivity (Wildman–Crippen MR) is 71.8 cm³/mol. The Morgan fingerprint density at radius 1 is 1.05 bits per heavy atom. The van der Waals surface area contributed by atoms with E-state index in [0.29, 0.717) is 19.6 Å².